The number of hydrogen-bond acceptors (Lipinski definition) is 3. The van der Waals surface area contributed by atoms with E-state index in [-0.39, 0.29) is 11.4 Å². The lowest BCUT2D eigenvalue weighted by Crippen LogP contribution is -2.43. The highest BCUT2D eigenvalue weighted by molar-refractivity contribution is 5.55. The number of anilines is 2. The van der Waals surface area contributed by atoms with Gasteiger partial charge in [-0.25, -0.2) is 4.39 Å². The van der Waals surface area contributed by atoms with Crippen molar-refractivity contribution in [3.63, 3.8) is 0 Å². The van der Waals surface area contributed by atoms with Gasteiger partial charge in [0, 0.05) is 18.0 Å². The van der Waals surface area contributed by atoms with Crippen LogP contribution in [0.4, 0.5) is 15.8 Å². The van der Waals surface area contributed by atoms with Crippen LogP contribution in [-0.4, -0.2) is 18.8 Å². The average Bonchev–Trinajstić information content (AvgIpc) is 2.15. The van der Waals surface area contributed by atoms with E-state index in [1.165, 1.54) is 12.1 Å². The van der Waals surface area contributed by atoms with Gasteiger partial charge in [-0.2, -0.15) is 0 Å². The highest BCUT2D eigenvalue weighted by Crippen LogP contribution is 2.25. The van der Waals surface area contributed by atoms with Gasteiger partial charge in [0.05, 0.1) is 12.1 Å². The van der Waals surface area contributed by atoms with Crippen molar-refractivity contribution in [2.45, 2.75) is 25.3 Å². The van der Waals surface area contributed by atoms with Crippen LogP contribution in [0.2, 0.25) is 0 Å². The van der Waals surface area contributed by atoms with Gasteiger partial charge in [0.25, 0.3) is 0 Å². The number of nitrogens with one attached hydrogen (secondary N) is 1. The van der Waals surface area contributed by atoms with Gasteiger partial charge in [0.2, 0.25) is 0 Å². The molecule has 0 bridgehead atoms. The Morgan fingerprint density at radius 2 is 2.25 bits per heavy atom. The molecule has 2 rings (SSSR count). The lowest BCUT2D eigenvalue weighted by Gasteiger charge is -2.35. The van der Waals surface area contributed by atoms with Gasteiger partial charge in [-0.05, 0) is 38.0 Å². The molecule has 0 aromatic heterocycles. The maximum absolute atomic E-state index is 13.2. The Morgan fingerprint density at radius 1 is 1.44 bits per heavy atom. The molecule has 16 heavy (non-hydrogen) atoms. The number of nitrogens with two attached hydrogens (primary N) is 1. The fourth-order valence-corrected chi connectivity index (χ4v) is 2.07. The summed E-state index contributed by atoms with van der Waals surface area (Å²) < 4.78 is 18.6. The maximum atomic E-state index is 13.2. The Kier molecular flexibility index (Phi) is 3.01. The molecule has 0 amide bonds. The highest BCUT2D eigenvalue weighted by Gasteiger charge is 2.27. The van der Waals surface area contributed by atoms with E-state index in [1.807, 2.05) is 0 Å². The van der Waals surface area contributed by atoms with Crippen LogP contribution < -0.4 is 11.1 Å². The minimum atomic E-state index is -0.317. The Hall–Kier alpha value is -1.29. The van der Waals surface area contributed by atoms with Crippen LogP contribution in [-0.2, 0) is 4.74 Å². The standard InChI is InChI=1S/C12H17FN2O/c1-12(3-2-4-16-8-12)15-11-6-9(13)5-10(14)7-11/h5-7,15H,2-4,8,14H2,1H3. The summed E-state index contributed by atoms with van der Waals surface area (Å²) in [6.45, 7) is 3.53. The van der Waals surface area contributed by atoms with Gasteiger partial charge in [0.1, 0.15) is 5.82 Å². The van der Waals surface area contributed by atoms with Gasteiger partial charge in [0.15, 0.2) is 0 Å². The Morgan fingerprint density at radius 3 is 2.88 bits per heavy atom. The van der Waals surface area contributed by atoms with Crippen molar-refractivity contribution in [1.29, 1.82) is 0 Å². The highest BCUT2D eigenvalue weighted by atomic mass is 19.1. The third kappa shape index (κ3) is 2.64. The van der Waals surface area contributed by atoms with E-state index in [0.29, 0.717) is 18.0 Å². The summed E-state index contributed by atoms with van der Waals surface area (Å²) in [5.41, 5.74) is 6.62. The van der Waals surface area contributed by atoms with Crippen LogP contribution in [0, 0.1) is 5.82 Å². The zero-order valence-electron chi connectivity index (χ0n) is 9.42. The summed E-state index contributed by atoms with van der Waals surface area (Å²) >= 11 is 0. The number of rotatable bonds is 2. The van der Waals surface area contributed by atoms with Crippen molar-refractivity contribution in [2.75, 3.05) is 24.3 Å². The molecule has 1 aliphatic rings. The molecule has 1 fully saturated rings. The molecule has 88 valence electrons. The summed E-state index contributed by atoms with van der Waals surface area (Å²) in [4.78, 5) is 0. The van der Waals surface area contributed by atoms with Crippen LogP contribution in [0.1, 0.15) is 19.8 Å². The Labute approximate surface area is 94.8 Å². The maximum Gasteiger partial charge on any atom is 0.127 e. The lowest BCUT2D eigenvalue weighted by atomic mass is 9.94. The molecular formula is C12H17FN2O. The van der Waals surface area contributed by atoms with E-state index in [2.05, 4.69) is 12.2 Å². The van der Waals surface area contributed by atoms with Gasteiger partial charge < -0.3 is 15.8 Å². The molecule has 0 aliphatic carbocycles. The van der Waals surface area contributed by atoms with E-state index in [0.717, 1.165) is 19.4 Å². The van der Waals surface area contributed by atoms with E-state index < -0.39 is 0 Å². The monoisotopic (exact) mass is 224 g/mol. The van der Waals surface area contributed by atoms with E-state index in [1.54, 1.807) is 6.07 Å². The minimum Gasteiger partial charge on any atom is -0.399 e. The SMILES string of the molecule is CC1(Nc2cc(N)cc(F)c2)CCCOC1. The predicted octanol–water partition coefficient (Wildman–Crippen LogP) is 2.39. The average molecular weight is 224 g/mol. The summed E-state index contributed by atoms with van der Waals surface area (Å²) in [6.07, 6.45) is 2.04. The fraction of sp³-hybridized carbons (Fsp3) is 0.500. The first-order valence-corrected chi connectivity index (χ1v) is 5.49. The molecule has 1 aromatic carbocycles. The Bertz CT molecular complexity index is 355. The first kappa shape index (κ1) is 11.2. The van der Waals surface area contributed by atoms with Crippen LogP contribution in [0.5, 0.6) is 0 Å². The molecule has 0 saturated carbocycles. The largest absolute Gasteiger partial charge is 0.399 e. The fourth-order valence-electron chi connectivity index (χ4n) is 2.07. The van der Waals surface area contributed by atoms with Crippen molar-refractivity contribution in [2.24, 2.45) is 0 Å². The van der Waals surface area contributed by atoms with Crippen LogP contribution in [0.25, 0.3) is 0 Å². The smallest absolute Gasteiger partial charge is 0.127 e. The quantitative estimate of drug-likeness (QED) is 0.758. The number of halogens is 1. The van der Waals surface area contributed by atoms with Crippen molar-refractivity contribution in [3.05, 3.63) is 24.0 Å². The zero-order chi connectivity index (χ0) is 11.6. The van der Waals surface area contributed by atoms with Gasteiger partial charge in [-0.1, -0.05) is 0 Å². The van der Waals surface area contributed by atoms with E-state index in [4.69, 9.17) is 10.5 Å². The minimum absolute atomic E-state index is 0.127. The number of benzene rings is 1. The Balaban J connectivity index is 2.13. The van der Waals surface area contributed by atoms with Crippen molar-refractivity contribution in [1.82, 2.24) is 0 Å². The van der Waals surface area contributed by atoms with E-state index >= 15 is 0 Å². The summed E-state index contributed by atoms with van der Waals surface area (Å²) in [7, 11) is 0. The third-order valence-electron chi connectivity index (χ3n) is 2.80. The zero-order valence-corrected chi connectivity index (χ0v) is 9.42. The summed E-state index contributed by atoms with van der Waals surface area (Å²) in [5.74, 6) is -0.317. The molecule has 1 heterocycles. The molecule has 0 spiro atoms. The van der Waals surface area contributed by atoms with Crippen molar-refractivity contribution >= 4 is 11.4 Å². The molecule has 1 saturated heterocycles. The molecule has 1 aliphatic heterocycles. The molecule has 3 nitrogen and oxygen atoms in total. The molecule has 1 unspecified atom stereocenters. The molecule has 1 aromatic rings. The van der Waals surface area contributed by atoms with Gasteiger partial charge >= 0.3 is 0 Å². The number of ether oxygens (including phenoxy) is 1. The molecule has 3 N–H and O–H groups in total. The van der Waals surface area contributed by atoms with Crippen molar-refractivity contribution < 1.29 is 9.13 Å². The van der Waals surface area contributed by atoms with Gasteiger partial charge in [-0.3, -0.25) is 0 Å². The second-order valence-electron chi connectivity index (χ2n) is 4.62. The normalized spacial score (nSPS) is 25.4. The second kappa shape index (κ2) is 4.29. The second-order valence-corrected chi connectivity index (χ2v) is 4.62. The number of nitrogen functional groups attached to an aromatic ring is 1. The topological polar surface area (TPSA) is 47.3 Å². The molecule has 0 radical (unpaired) electrons. The first-order chi connectivity index (χ1) is 7.57. The molecular weight excluding hydrogens is 207 g/mol. The summed E-state index contributed by atoms with van der Waals surface area (Å²) in [5, 5.41) is 3.29. The first-order valence-electron chi connectivity index (χ1n) is 5.49. The molecule has 1 atom stereocenters. The van der Waals surface area contributed by atoms with E-state index in [9.17, 15) is 4.39 Å². The van der Waals surface area contributed by atoms with Crippen molar-refractivity contribution in [3.8, 4) is 0 Å². The number of hydrogen-bond donors (Lipinski definition) is 2. The lowest BCUT2D eigenvalue weighted by molar-refractivity contribution is 0.0540. The molecule has 4 heteroatoms. The predicted molar refractivity (Wildman–Crippen MR) is 62.9 cm³/mol. The summed E-state index contributed by atoms with van der Waals surface area (Å²) in [6, 6.07) is 4.50. The van der Waals surface area contributed by atoms with Gasteiger partial charge in [-0.15, -0.1) is 0 Å². The van der Waals surface area contributed by atoms with Crippen LogP contribution >= 0.6 is 0 Å². The third-order valence-corrected chi connectivity index (χ3v) is 2.80. The van der Waals surface area contributed by atoms with Crippen LogP contribution in [0.15, 0.2) is 18.2 Å². The van der Waals surface area contributed by atoms with Crippen LogP contribution in [0.3, 0.4) is 0 Å².